The van der Waals surface area contributed by atoms with Crippen LogP contribution in [0, 0.1) is 0 Å². The number of nitrogens with zero attached hydrogens (tertiary/aromatic N) is 1. The number of aryl methyl sites for hydroxylation is 3. The molecule has 0 radical (unpaired) electrons. The molecule has 1 N–H and O–H groups in total. The Balaban J connectivity index is 1.62. The molecule has 0 atom stereocenters. The number of pyridine rings is 1. The number of hydrogen-bond donors (Lipinski definition) is 1. The van der Waals surface area contributed by atoms with Gasteiger partial charge >= 0.3 is 0 Å². The molecule has 0 amide bonds. The topological polar surface area (TPSA) is 24.9 Å². The van der Waals surface area contributed by atoms with Crippen molar-refractivity contribution in [2.75, 3.05) is 5.32 Å². The first-order valence-corrected chi connectivity index (χ1v) is 7.93. The quantitative estimate of drug-likeness (QED) is 0.878. The van der Waals surface area contributed by atoms with Gasteiger partial charge in [0.25, 0.3) is 0 Å². The van der Waals surface area contributed by atoms with Crippen LogP contribution in [0.2, 0.25) is 0 Å². The fraction of sp³-hybridized carbons (Fsp3) is 0.421. The molecule has 2 nitrogen and oxygen atoms in total. The molecule has 21 heavy (non-hydrogen) atoms. The van der Waals surface area contributed by atoms with Crippen molar-refractivity contribution in [2.24, 2.45) is 0 Å². The van der Waals surface area contributed by atoms with E-state index < -0.39 is 0 Å². The Bertz CT molecular complexity index is 602. The fourth-order valence-corrected chi connectivity index (χ4v) is 3.00. The predicted molar refractivity (Wildman–Crippen MR) is 88.7 cm³/mol. The van der Waals surface area contributed by atoms with E-state index in [0.717, 1.165) is 25.1 Å². The Labute approximate surface area is 127 Å². The van der Waals surface area contributed by atoms with Crippen LogP contribution >= 0.6 is 0 Å². The van der Waals surface area contributed by atoms with Crippen molar-refractivity contribution in [3.63, 3.8) is 0 Å². The van der Waals surface area contributed by atoms with Gasteiger partial charge in [0.15, 0.2) is 0 Å². The van der Waals surface area contributed by atoms with Gasteiger partial charge < -0.3 is 5.32 Å². The fourth-order valence-electron chi connectivity index (χ4n) is 3.00. The lowest BCUT2D eigenvalue weighted by Crippen LogP contribution is -2.32. The molecule has 0 saturated heterocycles. The summed E-state index contributed by atoms with van der Waals surface area (Å²) in [5, 5.41) is 3.61. The molecule has 3 rings (SSSR count). The average molecular weight is 280 g/mol. The van der Waals surface area contributed by atoms with Crippen LogP contribution in [-0.4, -0.2) is 10.5 Å². The van der Waals surface area contributed by atoms with Gasteiger partial charge in [-0.05, 0) is 63.1 Å². The normalized spacial score (nSPS) is 14.0. The molecule has 110 valence electrons. The molecule has 1 aromatic heterocycles. The Morgan fingerprint density at radius 1 is 1.05 bits per heavy atom. The molecule has 1 aliphatic rings. The second kappa shape index (κ2) is 5.88. The molecule has 1 aromatic carbocycles. The summed E-state index contributed by atoms with van der Waals surface area (Å²) in [5.41, 5.74) is 4.17. The highest BCUT2D eigenvalue weighted by Crippen LogP contribution is 2.24. The van der Waals surface area contributed by atoms with E-state index in [0.29, 0.717) is 0 Å². The van der Waals surface area contributed by atoms with Crippen molar-refractivity contribution < 1.29 is 0 Å². The second-order valence-corrected chi connectivity index (χ2v) is 6.65. The van der Waals surface area contributed by atoms with Gasteiger partial charge in [-0.2, -0.15) is 0 Å². The van der Waals surface area contributed by atoms with Crippen LogP contribution < -0.4 is 5.32 Å². The lowest BCUT2D eigenvalue weighted by molar-refractivity contribution is 0.516. The van der Waals surface area contributed by atoms with E-state index in [4.69, 9.17) is 4.98 Å². The summed E-state index contributed by atoms with van der Waals surface area (Å²) < 4.78 is 0. The highest BCUT2D eigenvalue weighted by Gasteiger charge is 2.19. The predicted octanol–water partition coefficient (Wildman–Crippen LogP) is 4.39. The molecule has 0 unspecified atom stereocenters. The molecule has 0 aliphatic heterocycles. The first kappa shape index (κ1) is 14.1. The minimum atomic E-state index is 0.0513. The highest BCUT2D eigenvalue weighted by molar-refractivity contribution is 5.42. The van der Waals surface area contributed by atoms with Gasteiger partial charge in [0, 0.05) is 11.2 Å². The zero-order valence-electron chi connectivity index (χ0n) is 13.0. The number of fused-ring (bicyclic) bond motifs is 1. The smallest absolute Gasteiger partial charge is 0.126 e. The monoisotopic (exact) mass is 280 g/mol. The van der Waals surface area contributed by atoms with E-state index in [9.17, 15) is 0 Å². The van der Waals surface area contributed by atoms with Gasteiger partial charge in [0.2, 0.25) is 0 Å². The number of anilines is 1. The van der Waals surface area contributed by atoms with E-state index in [1.165, 1.54) is 29.7 Å². The van der Waals surface area contributed by atoms with Crippen LogP contribution in [0.3, 0.4) is 0 Å². The van der Waals surface area contributed by atoms with Crippen LogP contribution in [0.15, 0.2) is 42.5 Å². The first-order valence-electron chi connectivity index (χ1n) is 7.93. The van der Waals surface area contributed by atoms with Crippen LogP contribution in [0.1, 0.15) is 43.5 Å². The van der Waals surface area contributed by atoms with E-state index in [1.807, 2.05) is 0 Å². The van der Waals surface area contributed by atoms with E-state index in [-0.39, 0.29) is 5.54 Å². The van der Waals surface area contributed by atoms with E-state index in [1.54, 1.807) is 0 Å². The summed E-state index contributed by atoms with van der Waals surface area (Å²) in [4.78, 5) is 4.78. The van der Waals surface area contributed by atoms with Crippen LogP contribution in [0.25, 0.3) is 0 Å². The number of aromatic nitrogens is 1. The molecular formula is C19H24N2. The summed E-state index contributed by atoms with van der Waals surface area (Å²) in [6, 6.07) is 15.1. The lowest BCUT2D eigenvalue weighted by atomic mass is 9.95. The maximum atomic E-state index is 4.78. The Morgan fingerprint density at radius 2 is 1.86 bits per heavy atom. The largest absolute Gasteiger partial charge is 0.365 e. The van der Waals surface area contributed by atoms with Crippen molar-refractivity contribution in [1.29, 1.82) is 0 Å². The van der Waals surface area contributed by atoms with Crippen LogP contribution in [-0.2, 0) is 19.3 Å². The molecule has 1 aliphatic carbocycles. The Kier molecular flexibility index (Phi) is 3.96. The summed E-state index contributed by atoms with van der Waals surface area (Å²) in [6.45, 7) is 4.51. The van der Waals surface area contributed by atoms with E-state index >= 15 is 0 Å². The van der Waals surface area contributed by atoms with Crippen LogP contribution in [0.5, 0.6) is 0 Å². The Morgan fingerprint density at radius 3 is 2.67 bits per heavy atom. The first-order chi connectivity index (χ1) is 10.1. The Hall–Kier alpha value is -1.83. The molecule has 0 bridgehead atoms. The standard InChI is InChI=1S/C19H24N2/c1-19(2,14-13-15-7-4-3-5-8-15)21-18-12-11-16-9-6-10-17(16)20-18/h3-5,7-8,11-12H,6,9-10,13-14H2,1-2H3,(H,20,21). The van der Waals surface area contributed by atoms with Crippen LogP contribution in [0.4, 0.5) is 5.82 Å². The van der Waals surface area contributed by atoms with Gasteiger partial charge in [-0.25, -0.2) is 4.98 Å². The minimum Gasteiger partial charge on any atom is -0.365 e. The molecule has 0 saturated carbocycles. The summed E-state index contributed by atoms with van der Waals surface area (Å²) in [6.07, 6.45) is 5.76. The van der Waals surface area contributed by atoms with Gasteiger partial charge in [-0.1, -0.05) is 36.4 Å². The maximum Gasteiger partial charge on any atom is 0.126 e. The van der Waals surface area contributed by atoms with Gasteiger partial charge in [0.05, 0.1) is 0 Å². The number of hydrogen-bond acceptors (Lipinski definition) is 2. The molecule has 2 heteroatoms. The van der Waals surface area contributed by atoms with E-state index in [2.05, 4.69) is 61.6 Å². The molecule has 0 spiro atoms. The van der Waals surface area contributed by atoms with Gasteiger partial charge in [0.1, 0.15) is 5.82 Å². The highest BCUT2D eigenvalue weighted by atomic mass is 15.0. The third kappa shape index (κ3) is 3.63. The minimum absolute atomic E-state index is 0.0513. The van der Waals surface area contributed by atoms with Crippen molar-refractivity contribution in [1.82, 2.24) is 4.98 Å². The van der Waals surface area contributed by atoms with Crippen molar-refractivity contribution >= 4 is 5.82 Å². The zero-order chi connectivity index (χ0) is 14.7. The average Bonchev–Trinajstić information content (AvgIpc) is 2.93. The van der Waals surface area contributed by atoms with Crippen molar-refractivity contribution in [2.45, 2.75) is 51.5 Å². The van der Waals surface area contributed by atoms with Crippen molar-refractivity contribution in [3.8, 4) is 0 Å². The van der Waals surface area contributed by atoms with Gasteiger partial charge in [-0.15, -0.1) is 0 Å². The second-order valence-electron chi connectivity index (χ2n) is 6.65. The zero-order valence-corrected chi connectivity index (χ0v) is 13.0. The maximum absolute atomic E-state index is 4.78. The molecule has 0 fully saturated rings. The molecule has 1 heterocycles. The molecule has 2 aromatic rings. The SMILES string of the molecule is CC(C)(CCc1ccccc1)Nc1ccc2c(n1)CCC2. The summed E-state index contributed by atoms with van der Waals surface area (Å²) in [5.74, 6) is 1.02. The third-order valence-electron chi connectivity index (χ3n) is 4.28. The number of rotatable bonds is 5. The van der Waals surface area contributed by atoms with Crippen molar-refractivity contribution in [3.05, 3.63) is 59.3 Å². The number of nitrogens with one attached hydrogen (secondary N) is 1. The molecular weight excluding hydrogens is 256 g/mol. The number of benzene rings is 1. The third-order valence-corrected chi connectivity index (χ3v) is 4.28. The summed E-state index contributed by atoms with van der Waals surface area (Å²) >= 11 is 0. The summed E-state index contributed by atoms with van der Waals surface area (Å²) in [7, 11) is 0. The van der Waals surface area contributed by atoms with Gasteiger partial charge in [-0.3, -0.25) is 0 Å². The lowest BCUT2D eigenvalue weighted by Gasteiger charge is -2.27.